The number of β-amino-alcohol motifs (C(OH)–C–C–N with tert-alkyl or cyclic N) is 1. The minimum Gasteiger partial charge on any atom is -0.478 e. The lowest BCUT2D eigenvalue weighted by Gasteiger charge is -2.46. The molecule has 3 N–H and O–H groups in total. The lowest BCUT2D eigenvalue weighted by molar-refractivity contribution is -0.137. The second-order valence-corrected chi connectivity index (χ2v) is 9.32. The molecule has 31 heavy (non-hydrogen) atoms. The van der Waals surface area contributed by atoms with Crippen molar-refractivity contribution < 1.29 is 36.6 Å². The van der Waals surface area contributed by atoms with Gasteiger partial charge in [-0.3, -0.25) is 4.72 Å². The van der Waals surface area contributed by atoms with Crippen LogP contribution in [0.5, 0.6) is 0 Å². The van der Waals surface area contributed by atoms with Gasteiger partial charge in [-0.1, -0.05) is 13.0 Å². The lowest BCUT2D eigenvalue weighted by atomic mass is 9.95. The van der Waals surface area contributed by atoms with Crippen molar-refractivity contribution in [2.45, 2.75) is 36.9 Å². The van der Waals surface area contributed by atoms with Gasteiger partial charge in [0, 0.05) is 13.1 Å². The third-order valence-corrected chi connectivity index (χ3v) is 6.40. The number of carbonyl (C=O) groups is 1. The molecule has 2 aromatic carbocycles. The van der Waals surface area contributed by atoms with E-state index in [1.807, 2.05) is 0 Å². The van der Waals surface area contributed by atoms with Gasteiger partial charge in [0.05, 0.1) is 33.0 Å². The summed E-state index contributed by atoms with van der Waals surface area (Å²) in [4.78, 5) is 12.5. The van der Waals surface area contributed by atoms with Crippen molar-refractivity contribution in [2.24, 2.45) is 0 Å². The Morgan fingerprint density at radius 1 is 1.19 bits per heavy atom. The number of halogens is 3. The first-order chi connectivity index (χ1) is 14.2. The van der Waals surface area contributed by atoms with E-state index in [1.54, 1.807) is 18.7 Å². The topological polar surface area (TPSA) is 107 Å². The predicted octanol–water partition coefficient (Wildman–Crippen LogP) is 3.34. The molecule has 0 spiro atoms. The number of aromatic carboxylic acids is 1. The number of aliphatic hydroxyl groups is 1. The van der Waals surface area contributed by atoms with Crippen LogP contribution in [0, 0.1) is 0 Å². The molecule has 1 heterocycles. The predicted molar refractivity (Wildman–Crippen MR) is 108 cm³/mol. The summed E-state index contributed by atoms with van der Waals surface area (Å²) < 4.78 is 68.1. The van der Waals surface area contributed by atoms with Crippen molar-refractivity contribution in [3.05, 3.63) is 53.1 Å². The maximum Gasteiger partial charge on any atom is 0.416 e. The molecule has 0 aromatic heterocycles. The molecule has 0 unspecified atom stereocenters. The molecule has 0 saturated carbocycles. The van der Waals surface area contributed by atoms with Gasteiger partial charge in [0.2, 0.25) is 0 Å². The van der Waals surface area contributed by atoms with Gasteiger partial charge in [0.25, 0.3) is 10.0 Å². The van der Waals surface area contributed by atoms with Crippen LogP contribution in [0.25, 0.3) is 0 Å². The fourth-order valence-corrected chi connectivity index (χ4v) is 4.85. The molecule has 168 valence electrons. The number of nitrogens with one attached hydrogen (secondary N) is 1. The van der Waals surface area contributed by atoms with Gasteiger partial charge >= 0.3 is 12.1 Å². The SMILES string of the molecule is CCc1ccc(C(=O)O)cc1S(=O)(=O)Nc1cc(C(F)(F)F)ccc1N1CC(C)(O)C1. The first-order valence-corrected chi connectivity index (χ1v) is 10.8. The molecular weight excluding hydrogens is 437 g/mol. The zero-order valence-electron chi connectivity index (χ0n) is 16.7. The Morgan fingerprint density at radius 2 is 1.84 bits per heavy atom. The molecule has 0 amide bonds. The van der Waals surface area contributed by atoms with Crippen LogP contribution in [0.15, 0.2) is 41.3 Å². The average molecular weight is 458 g/mol. The molecule has 0 bridgehead atoms. The Balaban J connectivity index is 2.08. The van der Waals surface area contributed by atoms with E-state index in [1.165, 1.54) is 12.1 Å². The summed E-state index contributed by atoms with van der Waals surface area (Å²) in [6.45, 7) is 3.46. The summed E-state index contributed by atoms with van der Waals surface area (Å²) in [5, 5.41) is 19.2. The number of nitrogens with zero attached hydrogens (tertiary/aromatic N) is 1. The minimum atomic E-state index is -4.70. The van der Waals surface area contributed by atoms with Gasteiger partial charge in [-0.2, -0.15) is 13.2 Å². The van der Waals surface area contributed by atoms with Crippen LogP contribution in [0.3, 0.4) is 0 Å². The maximum atomic E-state index is 13.2. The summed E-state index contributed by atoms with van der Waals surface area (Å²) in [6.07, 6.45) is -4.43. The molecule has 1 fully saturated rings. The largest absolute Gasteiger partial charge is 0.478 e. The zero-order valence-corrected chi connectivity index (χ0v) is 17.5. The fourth-order valence-electron chi connectivity index (χ4n) is 3.45. The number of benzene rings is 2. The Hall–Kier alpha value is -2.79. The van der Waals surface area contributed by atoms with Crippen LogP contribution in [0.4, 0.5) is 24.5 Å². The van der Waals surface area contributed by atoms with Crippen LogP contribution in [-0.2, 0) is 22.6 Å². The van der Waals surface area contributed by atoms with E-state index in [0.29, 0.717) is 11.6 Å². The number of hydrogen-bond donors (Lipinski definition) is 3. The van der Waals surface area contributed by atoms with Crippen molar-refractivity contribution in [1.82, 2.24) is 0 Å². The highest BCUT2D eigenvalue weighted by atomic mass is 32.2. The number of sulfonamides is 1. The molecule has 0 radical (unpaired) electrons. The van der Waals surface area contributed by atoms with Crippen LogP contribution >= 0.6 is 0 Å². The van der Waals surface area contributed by atoms with Crippen LogP contribution in [0.2, 0.25) is 0 Å². The smallest absolute Gasteiger partial charge is 0.416 e. The zero-order chi connectivity index (χ0) is 23.2. The molecule has 1 aliphatic heterocycles. The standard InChI is InChI=1S/C20H21F3N2O5S/c1-3-12-4-5-13(18(26)27)8-17(12)31(29,30)24-15-9-14(20(21,22)23)6-7-16(15)25-10-19(2,28)11-25/h4-9,24,28H,3,10-11H2,1-2H3,(H,26,27). The fraction of sp³-hybridized carbons (Fsp3) is 0.350. The number of carboxylic acids is 1. The van der Waals surface area contributed by atoms with Crippen LogP contribution < -0.4 is 9.62 Å². The highest BCUT2D eigenvalue weighted by Gasteiger charge is 2.39. The first-order valence-electron chi connectivity index (χ1n) is 9.31. The van der Waals surface area contributed by atoms with Crippen molar-refractivity contribution in [1.29, 1.82) is 0 Å². The van der Waals surface area contributed by atoms with E-state index in [9.17, 15) is 36.6 Å². The number of aryl methyl sites for hydroxylation is 1. The molecule has 7 nitrogen and oxygen atoms in total. The first kappa shape index (κ1) is 22.9. The van der Waals surface area contributed by atoms with Crippen molar-refractivity contribution in [2.75, 3.05) is 22.7 Å². The van der Waals surface area contributed by atoms with E-state index < -0.39 is 33.3 Å². The number of hydrogen-bond acceptors (Lipinski definition) is 5. The van der Waals surface area contributed by atoms with Gasteiger partial charge in [-0.25, -0.2) is 13.2 Å². The average Bonchev–Trinajstić information content (AvgIpc) is 2.64. The molecule has 1 saturated heterocycles. The van der Waals surface area contributed by atoms with E-state index in [0.717, 1.165) is 18.2 Å². The summed E-state index contributed by atoms with van der Waals surface area (Å²) in [6, 6.07) is 6.26. The molecular formula is C20H21F3N2O5S. The Kier molecular flexibility index (Phi) is 5.70. The molecule has 11 heteroatoms. The highest BCUT2D eigenvalue weighted by molar-refractivity contribution is 7.92. The van der Waals surface area contributed by atoms with Crippen molar-refractivity contribution >= 4 is 27.4 Å². The molecule has 1 aliphatic rings. The van der Waals surface area contributed by atoms with Crippen molar-refractivity contribution in [3.8, 4) is 0 Å². The molecule has 0 atom stereocenters. The number of alkyl halides is 3. The normalized spacial score (nSPS) is 16.0. The quantitative estimate of drug-likeness (QED) is 0.613. The van der Waals surface area contributed by atoms with Crippen LogP contribution in [-0.4, -0.2) is 43.3 Å². The third-order valence-electron chi connectivity index (χ3n) is 4.96. The second-order valence-electron chi connectivity index (χ2n) is 7.67. The summed E-state index contributed by atoms with van der Waals surface area (Å²) in [5.41, 5.74) is -2.16. The van der Waals surface area contributed by atoms with E-state index >= 15 is 0 Å². The monoisotopic (exact) mass is 458 g/mol. The van der Waals surface area contributed by atoms with Gasteiger partial charge in [0.1, 0.15) is 0 Å². The lowest BCUT2D eigenvalue weighted by Crippen LogP contribution is -2.60. The molecule has 3 rings (SSSR count). The van der Waals surface area contributed by atoms with Gasteiger partial charge in [-0.15, -0.1) is 0 Å². The van der Waals surface area contributed by atoms with E-state index in [4.69, 9.17) is 0 Å². The third kappa shape index (κ3) is 4.77. The number of rotatable bonds is 6. The van der Waals surface area contributed by atoms with Crippen LogP contribution in [0.1, 0.15) is 35.3 Å². The Bertz CT molecular complexity index is 1120. The molecule has 2 aromatic rings. The van der Waals surface area contributed by atoms with Gasteiger partial charge < -0.3 is 15.1 Å². The van der Waals surface area contributed by atoms with Gasteiger partial charge in [0.15, 0.2) is 0 Å². The van der Waals surface area contributed by atoms with Gasteiger partial charge in [-0.05, 0) is 49.2 Å². The summed E-state index contributed by atoms with van der Waals surface area (Å²) in [5.74, 6) is -1.33. The van der Waals surface area contributed by atoms with E-state index in [-0.39, 0.29) is 41.3 Å². The summed E-state index contributed by atoms with van der Waals surface area (Å²) >= 11 is 0. The Morgan fingerprint density at radius 3 is 2.35 bits per heavy atom. The Labute approximate surface area is 177 Å². The van der Waals surface area contributed by atoms with Crippen molar-refractivity contribution in [3.63, 3.8) is 0 Å². The molecule has 0 aliphatic carbocycles. The summed E-state index contributed by atoms with van der Waals surface area (Å²) in [7, 11) is -4.41. The van der Waals surface area contributed by atoms with E-state index in [2.05, 4.69) is 4.72 Å². The minimum absolute atomic E-state index is 0.113. The number of carboxylic acid groups (broad SMARTS) is 1. The second kappa shape index (κ2) is 7.72. The maximum absolute atomic E-state index is 13.2. The highest BCUT2D eigenvalue weighted by Crippen LogP contribution is 2.39. The number of anilines is 2.